The van der Waals surface area contributed by atoms with Crippen LogP contribution in [0.25, 0.3) is 5.65 Å². The third-order valence-corrected chi connectivity index (χ3v) is 4.04. The van der Waals surface area contributed by atoms with Crippen LogP contribution in [0, 0.1) is 0 Å². The Hall–Kier alpha value is -1.75. The lowest BCUT2D eigenvalue weighted by Crippen LogP contribution is -2.22. The lowest BCUT2D eigenvalue weighted by molar-refractivity contribution is 0.0950. The lowest BCUT2D eigenvalue weighted by Gasteiger charge is -2.04. The number of aromatic nitrogens is 2. The number of pyridine rings is 1. The number of nitrogens with one attached hydrogen (secondary N) is 1. The first-order valence-corrected chi connectivity index (χ1v) is 7.53. The van der Waals surface area contributed by atoms with E-state index in [0.717, 1.165) is 11.3 Å². The van der Waals surface area contributed by atoms with Crippen molar-refractivity contribution < 1.29 is 4.79 Å². The summed E-state index contributed by atoms with van der Waals surface area (Å²) < 4.78 is 1.81. The van der Waals surface area contributed by atoms with Crippen molar-refractivity contribution in [3.63, 3.8) is 0 Å². The molecule has 0 aliphatic heterocycles. The first-order chi connectivity index (χ1) is 10.5. The van der Waals surface area contributed by atoms with E-state index in [0.29, 0.717) is 27.2 Å². The second-order valence-electron chi connectivity index (χ2n) is 4.66. The van der Waals surface area contributed by atoms with Crippen LogP contribution in [0.2, 0.25) is 15.1 Å². The normalized spacial score (nSPS) is 10.9. The van der Waals surface area contributed by atoms with Crippen LogP contribution in [-0.4, -0.2) is 15.3 Å². The zero-order valence-electron chi connectivity index (χ0n) is 11.2. The molecule has 2 heterocycles. The number of nitrogens with zero attached hydrogens (tertiary/aromatic N) is 2. The van der Waals surface area contributed by atoms with Crippen molar-refractivity contribution in [1.82, 2.24) is 14.7 Å². The van der Waals surface area contributed by atoms with Crippen LogP contribution in [0.15, 0.2) is 42.7 Å². The van der Waals surface area contributed by atoms with E-state index in [1.165, 1.54) is 6.07 Å². The average molecular weight is 355 g/mol. The second-order valence-corrected chi connectivity index (χ2v) is 5.91. The van der Waals surface area contributed by atoms with Crippen molar-refractivity contribution in [2.75, 3.05) is 0 Å². The predicted octanol–water partition coefficient (Wildman–Crippen LogP) is 4.22. The molecule has 0 aliphatic rings. The van der Waals surface area contributed by atoms with E-state index in [-0.39, 0.29) is 5.91 Å². The number of hydrogen-bond donors (Lipinski definition) is 1. The molecular weight excluding hydrogens is 345 g/mol. The number of halogens is 3. The fraction of sp³-hybridized carbons (Fsp3) is 0.0667. The van der Waals surface area contributed by atoms with E-state index in [1.807, 2.05) is 16.7 Å². The maximum atomic E-state index is 12.1. The number of carbonyl (C=O) groups excluding carboxylic acids is 1. The first-order valence-electron chi connectivity index (χ1n) is 6.39. The standard InChI is InChI=1S/C15H10Cl3N3O/c16-10-2-4-14-20-11(8-21(14)7-10)6-19-15(22)9-1-3-12(17)13(18)5-9/h1-5,7-8H,6H2,(H,19,22). The highest BCUT2D eigenvalue weighted by Gasteiger charge is 2.09. The number of carbonyl (C=O) groups is 1. The number of benzene rings is 1. The Morgan fingerprint density at radius 3 is 2.68 bits per heavy atom. The summed E-state index contributed by atoms with van der Waals surface area (Å²) in [5.41, 5.74) is 1.94. The molecule has 0 aliphatic carbocycles. The Balaban J connectivity index is 1.72. The van der Waals surface area contributed by atoms with E-state index < -0.39 is 0 Å². The van der Waals surface area contributed by atoms with Gasteiger partial charge in [0.15, 0.2) is 0 Å². The molecule has 22 heavy (non-hydrogen) atoms. The topological polar surface area (TPSA) is 46.4 Å². The fourth-order valence-electron chi connectivity index (χ4n) is 2.01. The van der Waals surface area contributed by atoms with Crippen molar-refractivity contribution in [2.45, 2.75) is 6.54 Å². The van der Waals surface area contributed by atoms with E-state index in [1.54, 1.807) is 24.4 Å². The van der Waals surface area contributed by atoms with Gasteiger partial charge in [-0.15, -0.1) is 0 Å². The molecule has 0 radical (unpaired) electrons. The molecule has 2 aromatic heterocycles. The average Bonchev–Trinajstić information content (AvgIpc) is 2.89. The largest absolute Gasteiger partial charge is 0.346 e. The first kappa shape index (κ1) is 15.2. The van der Waals surface area contributed by atoms with Gasteiger partial charge < -0.3 is 9.72 Å². The zero-order valence-corrected chi connectivity index (χ0v) is 13.5. The highest BCUT2D eigenvalue weighted by Crippen LogP contribution is 2.22. The Bertz CT molecular complexity index is 860. The van der Waals surface area contributed by atoms with Crippen LogP contribution in [0.3, 0.4) is 0 Å². The number of rotatable bonds is 3. The number of fused-ring (bicyclic) bond motifs is 1. The van der Waals surface area contributed by atoms with Crippen LogP contribution in [-0.2, 0) is 6.54 Å². The molecule has 1 aromatic carbocycles. The molecule has 0 bridgehead atoms. The van der Waals surface area contributed by atoms with Crippen LogP contribution >= 0.6 is 34.8 Å². The maximum Gasteiger partial charge on any atom is 0.251 e. The maximum absolute atomic E-state index is 12.1. The molecule has 0 saturated heterocycles. The Labute approximate surface area is 141 Å². The van der Waals surface area contributed by atoms with Gasteiger partial charge in [-0.3, -0.25) is 4.79 Å². The predicted molar refractivity (Wildman–Crippen MR) is 87.8 cm³/mol. The third-order valence-electron chi connectivity index (χ3n) is 3.08. The van der Waals surface area contributed by atoms with Crippen LogP contribution in [0.1, 0.15) is 16.1 Å². The van der Waals surface area contributed by atoms with E-state index in [9.17, 15) is 4.79 Å². The van der Waals surface area contributed by atoms with Gasteiger partial charge in [0, 0.05) is 18.0 Å². The SMILES string of the molecule is O=C(NCc1cn2cc(Cl)ccc2n1)c1ccc(Cl)c(Cl)c1. The molecule has 0 saturated carbocycles. The molecule has 0 spiro atoms. The van der Waals surface area contributed by atoms with E-state index >= 15 is 0 Å². The van der Waals surface area contributed by atoms with Gasteiger partial charge in [-0.1, -0.05) is 34.8 Å². The quantitative estimate of drug-likeness (QED) is 0.765. The molecule has 0 unspecified atom stereocenters. The minimum absolute atomic E-state index is 0.242. The molecule has 0 fully saturated rings. The van der Waals surface area contributed by atoms with Crippen LogP contribution in [0.4, 0.5) is 0 Å². The zero-order chi connectivity index (χ0) is 15.7. The molecular formula is C15H10Cl3N3O. The minimum atomic E-state index is -0.242. The smallest absolute Gasteiger partial charge is 0.251 e. The molecule has 0 atom stereocenters. The summed E-state index contributed by atoms with van der Waals surface area (Å²) in [6, 6.07) is 8.32. The Kier molecular flexibility index (Phi) is 4.25. The minimum Gasteiger partial charge on any atom is -0.346 e. The lowest BCUT2D eigenvalue weighted by atomic mass is 10.2. The summed E-state index contributed by atoms with van der Waals surface area (Å²) in [4.78, 5) is 16.5. The summed E-state index contributed by atoms with van der Waals surface area (Å²) in [6.07, 6.45) is 3.57. The van der Waals surface area contributed by atoms with Gasteiger partial charge in [0.25, 0.3) is 5.91 Å². The Morgan fingerprint density at radius 1 is 1.09 bits per heavy atom. The highest BCUT2D eigenvalue weighted by molar-refractivity contribution is 6.42. The van der Waals surface area contributed by atoms with Gasteiger partial charge in [0.05, 0.1) is 27.3 Å². The van der Waals surface area contributed by atoms with E-state index in [2.05, 4.69) is 10.3 Å². The number of imidazole rings is 1. The van der Waals surface area contributed by atoms with Gasteiger partial charge in [-0.05, 0) is 30.3 Å². The van der Waals surface area contributed by atoms with Crippen molar-refractivity contribution in [3.05, 3.63) is 69.1 Å². The van der Waals surface area contributed by atoms with Crippen molar-refractivity contribution in [1.29, 1.82) is 0 Å². The molecule has 4 nitrogen and oxygen atoms in total. The number of hydrogen-bond acceptors (Lipinski definition) is 2. The van der Waals surface area contributed by atoms with Crippen molar-refractivity contribution >= 4 is 46.4 Å². The molecule has 3 rings (SSSR count). The molecule has 112 valence electrons. The summed E-state index contributed by atoms with van der Waals surface area (Å²) in [5.74, 6) is -0.242. The van der Waals surface area contributed by atoms with E-state index in [4.69, 9.17) is 34.8 Å². The van der Waals surface area contributed by atoms with Crippen LogP contribution < -0.4 is 5.32 Å². The molecule has 7 heteroatoms. The summed E-state index contributed by atoms with van der Waals surface area (Å²) >= 11 is 17.7. The van der Waals surface area contributed by atoms with Gasteiger partial charge in [-0.25, -0.2) is 4.98 Å². The number of amides is 1. The van der Waals surface area contributed by atoms with Crippen molar-refractivity contribution in [3.8, 4) is 0 Å². The Morgan fingerprint density at radius 2 is 1.91 bits per heavy atom. The van der Waals surface area contributed by atoms with Crippen LogP contribution in [0.5, 0.6) is 0 Å². The summed E-state index contributed by atoms with van der Waals surface area (Å²) in [5, 5.41) is 4.17. The molecule has 3 aromatic rings. The van der Waals surface area contributed by atoms with Gasteiger partial charge in [0.1, 0.15) is 5.65 Å². The molecule has 1 amide bonds. The molecule has 1 N–H and O–H groups in total. The van der Waals surface area contributed by atoms with Crippen molar-refractivity contribution in [2.24, 2.45) is 0 Å². The second kappa shape index (κ2) is 6.16. The summed E-state index contributed by atoms with van der Waals surface area (Å²) in [6.45, 7) is 0.304. The monoisotopic (exact) mass is 353 g/mol. The summed E-state index contributed by atoms with van der Waals surface area (Å²) in [7, 11) is 0. The van der Waals surface area contributed by atoms with Gasteiger partial charge >= 0.3 is 0 Å². The van der Waals surface area contributed by atoms with Gasteiger partial charge in [0.2, 0.25) is 0 Å². The fourth-order valence-corrected chi connectivity index (χ4v) is 2.48. The highest BCUT2D eigenvalue weighted by atomic mass is 35.5. The van der Waals surface area contributed by atoms with Gasteiger partial charge in [-0.2, -0.15) is 0 Å². The third kappa shape index (κ3) is 3.19.